The molecule has 1 unspecified atom stereocenters. The first kappa shape index (κ1) is 12.9. The minimum absolute atomic E-state index is 0.146. The maximum Gasteiger partial charge on any atom is 0.347 e. The van der Waals surface area contributed by atoms with Gasteiger partial charge in [0.25, 0.3) is 5.92 Å². The molecule has 0 aromatic carbocycles. The van der Waals surface area contributed by atoms with Crippen molar-refractivity contribution in [1.82, 2.24) is 14.8 Å². The first-order chi connectivity index (χ1) is 9.45. The lowest BCUT2D eigenvalue weighted by Gasteiger charge is -1.96. The number of carboxylic acids is 1. The van der Waals surface area contributed by atoms with Crippen molar-refractivity contribution in [2.75, 3.05) is 0 Å². The fraction of sp³-hybridized carbons (Fsp3) is 0.250. The quantitative estimate of drug-likeness (QED) is 0.942. The molecule has 1 aliphatic carbocycles. The van der Waals surface area contributed by atoms with Crippen LogP contribution in [0.4, 0.5) is 8.78 Å². The van der Waals surface area contributed by atoms with E-state index in [1.807, 2.05) is 0 Å². The van der Waals surface area contributed by atoms with Crippen molar-refractivity contribution in [3.05, 3.63) is 34.0 Å². The van der Waals surface area contributed by atoms with Gasteiger partial charge in [0.05, 0.1) is 11.9 Å². The summed E-state index contributed by atoms with van der Waals surface area (Å²) in [4.78, 5) is 14.8. The molecule has 1 N–H and O–H groups in total. The predicted octanol–water partition coefficient (Wildman–Crippen LogP) is 2.79. The molecule has 1 saturated carbocycles. The standard InChI is InChI=1S/C12H9F2N3O2S/c13-12(14)5-9(12)17-4-3-7(16-17)1-2-10-15-6-8(20-10)11(18)19/h1-4,6,9H,5H2,(H,18,19)/b2-1+. The van der Waals surface area contributed by atoms with E-state index in [4.69, 9.17) is 5.11 Å². The largest absolute Gasteiger partial charge is 0.477 e. The van der Waals surface area contributed by atoms with Gasteiger partial charge in [-0.25, -0.2) is 18.6 Å². The number of hydrogen-bond acceptors (Lipinski definition) is 4. The van der Waals surface area contributed by atoms with Crippen molar-refractivity contribution < 1.29 is 18.7 Å². The third kappa shape index (κ3) is 2.46. The van der Waals surface area contributed by atoms with E-state index >= 15 is 0 Å². The van der Waals surface area contributed by atoms with Gasteiger partial charge in [-0.3, -0.25) is 4.68 Å². The van der Waals surface area contributed by atoms with Gasteiger partial charge in [0.1, 0.15) is 15.9 Å². The zero-order chi connectivity index (χ0) is 14.3. The van der Waals surface area contributed by atoms with Gasteiger partial charge in [-0.05, 0) is 18.2 Å². The summed E-state index contributed by atoms with van der Waals surface area (Å²) in [5, 5.41) is 13.3. The zero-order valence-corrected chi connectivity index (χ0v) is 10.8. The SMILES string of the molecule is O=C(O)c1cnc(/C=C/c2ccn(C3CC3(F)F)n2)s1. The Kier molecular flexibility index (Phi) is 2.89. The average molecular weight is 297 g/mol. The molecule has 5 nitrogen and oxygen atoms in total. The van der Waals surface area contributed by atoms with E-state index in [0.717, 1.165) is 11.3 Å². The van der Waals surface area contributed by atoms with Crippen LogP contribution in [-0.4, -0.2) is 31.8 Å². The van der Waals surface area contributed by atoms with Crippen molar-refractivity contribution in [3.63, 3.8) is 0 Å². The summed E-state index contributed by atoms with van der Waals surface area (Å²) in [6, 6.07) is 0.777. The number of rotatable bonds is 4. The highest BCUT2D eigenvalue weighted by Gasteiger charge is 2.59. The van der Waals surface area contributed by atoms with Crippen molar-refractivity contribution in [1.29, 1.82) is 0 Å². The highest BCUT2D eigenvalue weighted by atomic mass is 32.1. The number of hydrogen-bond donors (Lipinski definition) is 1. The molecule has 1 atom stereocenters. The molecule has 0 amide bonds. The molecular weight excluding hydrogens is 288 g/mol. The second-order valence-corrected chi connectivity index (χ2v) is 5.47. The van der Waals surface area contributed by atoms with Crippen molar-refractivity contribution >= 4 is 29.5 Å². The summed E-state index contributed by atoms with van der Waals surface area (Å²) in [6.07, 6.45) is 5.83. The molecule has 0 radical (unpaired) electrons. The smallest absolute Gasteiger partial charge is 0.347 e. The predicted molar refractivity (Wildman–Crippen MR) is 68.8 cm³/mol. The fourth-order valence-corrected chi connectivity index (χ4v) is 2.38. The van der Waals surface area contributed by atoms with Gasteiger partial charge in [0.15, 0.2) is 0 Å². The summed E-state index contributed by atoms with van der Waals surface area (Å²) in [5.74, 6) is -3.68. The van der Waals surface area contributed by atoms with Gasteiger partial charge in [-0.2, -0.15) is 5.10 Å². The van der Waals surface area contributed by atoms with E-state index in [0.29, 0.717) is 10.7 Å². The van der Waals surface area contributed by atoms with Gasteiger partial charge < -0.3 is 5.11 Å². The van der Waals surface area contributed by atoms with Crippen molar-refractivity contribution in [3.8, 4) is 0 Å². The molecule has 104 valence electrons. The molecule has 0 spiro atoms. The van der Waals surface area contributed by atoms with Crippen LogP contribution in [0.3, 0.4) is 0 Å². The van der Waals surface area contributed by atoms with E-state index in [2.05, 4.69) is 10.1 Å². The van der Waals surface area contributed by atoms with Gasteiger partial charge in [-0.1, -0.05) is 0 Å². The van der Waals surface area contributed by atoms with Gasteiger partial charge in [0, 0.05) is 12.6 Å². The second-order valence-electron chi connectivity index (χ2n) is 4.40. The number of aromatic nitrogens is 3. The lowest BCUT2D eigenvalue weighted by Crippen LogP contribution is -2.02. The van der Waals surface area contributed by atoms with Crippen LogP contribution in [0, 0.1) is 0 Å². The van der Waals surface area contributed by atoms with Gasteiger partial charge in [0.2, 0.25) is 0 Å². The number of alkyl halides is 2. The minimum atomic E-state index is -2.65. The number of nitrogens with zero attached hydrogens (tertiary/aromatic N) is 3. The third-order valence-corrected chi connectivity index (χ3v) is 3.82. The lowest BCUT2D eigenvalue weighted by molar-refractivity contribution is 0.0701. The van der Waals surface area contributed by atoms with E-state index < -0.39 is 17.9 Å². The van der Waals surface area contributed by atoms with Crippen LogP contribution in [0.2, 0.25) is 0 Å². The van der Waals surface area contributed by atoms with Crippen LogP contribution in [0.1, 0.15) is 32.8 Å². The number of carboxylic acid groups (broad SMARTS) is 1. The highest BCUT2D eigenvalue weighted by molar-refractivity contribution is 7.14. The van der Waals surface area contributed by atoms with Gasteiger partial charge in [-0.15, -0.1) is 11.3 Å². The molecule has 1 fully saturated rings. The Balaban J connectivity index is 1.71. The lowest BCUT2D eigenvalue weighted by atomic mass is 10.4. The molecule has 1 aliphatic rings. The summed E-state index contributed by atoms with van der Waals surface area (Å²) in [5.41, 5.74) is 0.528. The van der Waals surface area contributed by atoms with Crippen molar-refractivity contribution in [2.45, 2.75) is 18.4 Å². The summed E-state index contributed by atoms with van der Waals surface area (Å²) in [6.45, 7) is 0. The van der Waals surface area contributed by atoms with E-state index in [9.17, 15) is 13.6 Å². The Morgan fingerprint density at radius 1 is 1.55 bits per heavy atom. The van der Waals surface area contributed by atoms with Crippen LogP contribution in [0.5, 0.6) is 0 Å². The molecule has 2 heterocycles. The number of thiazole rings is 1. The van der Waals surface area contributed by atoms with Crippen LogP contribution in [-0.2, 0) is 0 Å². The molecule has 2 aromatic heterocycles. The summed E-state index contributed by atoms with van der Waals surface area (Å²) >= 11 is 1.03. The first-order valence-corrected chi connectivity index (χ1v) is 6.57. The Bertz CT molecular complexity index is 692. The topological polar surface area (TPSA) is 68.0 Å². The van der Waals surface area contributed by atoms with E-state index in [1.54, 1.807) is 18.2 Å². The number of carbonyl (C=O) groups is 1. The van der Waals surface area contributed by atoms with E-state index in [1.165, 1.54) is 17.1 Å². The Morgan fingerprint density at radius 3 is 2.90 bits per heavy atom. The van der Waals surface area contributed by atoms with Crippen LogP contribution < -0.4 is 0 Å². The molecule has 2 aromatic rings. The molecule has 0 aliphatic heterocycles. The van der Waals surface area contributed by atoms with Crippen molar-refractivity contribution in [2.24, 2.45) is 0 Å². The Hall–Kier alpha value is -2.09. The maximum atomic E-state index is 12.9. The monoisotopic (exact) mass is 297 g/mol. The first-order valence-electron chi connectivity index (χ1n) is 5.76. The molecule has 20 heavy (non-hydrogen) atoms. The third-order valence-electron chi connectivity index (χ3n) is 2.87. The Labute approximate surface area is 116 Å². The zero-order valence-electron chi connectivity index (χ0n) is 10.0. The molecular formula is C12H9F2N3O2S. The summed E-state index contributed by atoms with van der Waals surface area (Å²) < 4.78 is 27.0. The normalized spacial score (nSPS) is 20.4. The van der Waals surface area contributed by atoms with Crippen LogP contribution >= 0.6 is 11.3 Å². The second kappa shape index (κ2) is 4.48. The van der Waals surface area contributed by atoms with E-state index in [-0.39, 0.29) is 11.3 Å². The number of aromatic carboxylic acids is 1. The van der Waals surface area contributed by atoms with Gasteiger partial charge >= 0.3 is 5.97 Å². The highest BCUT2D eigenvalue weighted by Crippen LogP contribution is 2.52. The fourth-order valence-electron chi connectivity index (χ4n) is 1.72. The molecule has 0 bridgehead atoms. The summed E-state index contributed by atoms with van der Waals surface area (Å²) in [7, 11) is 0. The molecule has 3 rings (SSSR count). The van der Waals surface area contributed by atoms with Crippen LogP contribution in [0.25, 0.3) is 12.2 Å². The average Bonchev–Trinajstić information content (AvgIpc) is 2.83. The van der Waals surface area contributed by atoms with Crippen LogP contribution in [0.15, 0.2) is 18.5 Å². The minimum Gasteiger partial charge on any atom is -0.477 e. The maximum absolute atomic E-state index is 12.9. The number of halogens is 2. The Morgan fingerprint density at radius 2 is 2.30 bits per heavy atom. The molecule has 0 saturated heterocycles. The molecule has 8 heteroatoms.